The van der Waals surface area contributed by atoms with E-state index in [-0.39, 0.29) is 17.8 Å². The third kappa shape index (κ3) is 2.22. The molecule has 0 atom stereocenters. The summed E-state index contributed by atoms with van der Waals surface area (Å²) in [5, 5.41) is 2.79. The van der Waals surface area contributed by atoms with Gasteiger partial charge in [0.1, 0.15) is 17.2 Å². The van der Waals surface area contributed by atoms with Gasteiger partial charge < -0.3 is 5.32 Å². The van der Waals surface area contributed by atoms with Gasteiger partial charge in [-0.3, -0.25) is 9.13 Å². The molecule has 0 aliphatic carbocycles. The molecule has 0 saturated carbocycles. The number of rotatable bonds is 3. The number of nitrogens with zero attached hydrogens (tertiary/aromatic N) is 4. The maximum absolute atomic E-state index is 13.8. The molecule has 0 unspecified atom stereocenters. The molecule has 1 aromatic carbocycles. The monoisotopic (exact) mass is 305 g/mol. The van der Waals surface area contributed by atoms with E-state index in [1.54, 1.807) is 14.1 Å². The molecule has 2 heterocycles. The Balaban J connectivity index is 2.15. The standard InChI is InChI=1S/C14H13F2N5O/c1-17-13-18-6-11-12(19-13)20(2)14(22)21(11)7-8-3-4-9(15)5-10(8)16/h3-6H,7H2,1-2H3,(H,17,18,19). The number of anilines is 1. The minimum absolute atomic E-state index is 0.0233. The number of fused-ring (bicyclic) bond motifs is 1. The van der Waals surface area contributed by atoms with E-state index in [2.05, 4.69) is 15.3 Å². The van der Waals surface area contributed by atoms with Crippen molar-refractivity contribution < 1.29 is 8.78 Å². The van der Waals surface area contributed by atoms with Crippen LogP contribution in [-0.4, -0.2) is 26.1 Å². The molecule has 114 valence electrons. The number of aromatic nitrogens is 4. The van der Waals surface area contributed by atoms with Crippen LogP contribution in [0.1, 0.15) is 5.56 Å². The maximum Gasteiger partial charge on any atom is 0.330 e. The van der Waals surface area contributed by atoms with Gasteiger partial charge in [0.05, 0.1) is 12.7 Å². The maximum atomic E-state index is 13.8. The molecule has 0 aliphatic rings. The van der Waals surface area contributed by atoms with E-state index in [9.17, 15) is 13.6 Å². The van der Waals surface area contributed by atoms with Crippen molar-refractivity contribution in [1.82, 2.24) is 19.1 Å². The Morgan fingerprint density at radius 3 is 2.77 bits per heavy atom. The van der Waals surface area contributed by atoms with E-state index in [0.717, 1.165) is 12.1 Å². The summed E-state index contributed by atoms with van der Waals surface area (Å²) >= 11 is 0. The molecule has 0 amide bonds. The Bertz CT molecular complexity index is 915. The van der Waals surface area contributed by atoms with Gasteiger partial charge >= 0.3 is 5.69 Å². The lowest BCUT2D eigenvalue weighted by atomic mass is 10.2. The SMILES string of the molecule is CNc1ncc2c(n1)n(C)c(=O)n2Cc1ccc(F)cc1F. The number of benzene rings is 1. The molecular formula is C14H13F2N5O. The lowest BCUT2D eigenvalue weighted by Gasteiger charge is -2.05. The molecular weight excluding hydrogens is 292 g/mol. The van der Waals surface area contributed by atoms with Crippen molar-refractivity contribution in [2.75, 3.05) is 12.4 Å². The molecule has 0 saturated heterocycles. The average molecular weight is 305 g/mol. The highest BCUT2D eigenvalue weighted by Crippen LogP contribution is 2.15. The Labute approximate surface area is 124 Å². The second-order valence-electron chi connectivity index (χ2n) is 4.82. The molecule has 0 spiro atoms. The molecule has 2 aromatic heterocycles. The summed E-state index contributed by atoms with van der Waals surface area (Å²) in [5.74, 6) is -0.974. The van der Waals surface area contributed by atoms with Gasteiger partial charge in [-0.25, -0.2) is 18.6 Å². The topological polar surface area (TPSA) is 64.7 Å². The molecule has 6 nitrogen and oxygen atoms in total. The average Bonchev–Trinajstić information content (AvgIpc) is 2.74. The summed E-state index contributed by atoms with van der Waals surface area (Å²) in [4.78, 5) is 20.6. The third-order valence-electron chi connectivity index (χ3n) is 3.44. The largest absolute Gasteiger partial charge is 0.357 e. The van der Waals surface area contributed by atoms with Crippen LogP contribution in [0.15, 0.2) is 29.2 Å². The van der Waals surface area contributed by atoms with E-state index < -0.39 is 11.6 Å². The Kier molecular flexibility index (Phi) is 3.36. The first-order chi connectivity index (χ1) is 10.5. The number of halogens is 2. The van der Waals surface area contributed by atoms with E-state index in [4.69, 9.17) is 0 Å². The van der Waals surface area contributed by atoms with Gasteiger partial charge in [-0.2, -0.15) is 4.98 Å². The van der Waals surface area contributed by atoms with E-state index in [0.29, 0.717) is 17.1 Å². The van der Waals surface area contributed by atoms with Crippen LogP contribution in [0, 0.1) is 11.6 Å². The predicted molar refractivity (Wildman–Crippen MR) is 77.8 cm³/mol. The first-order valence-electron chi connectivity index (χ1n) is 6.55. The van der Waals surface area contributed by atoms with E-state index in [1.807, 2.05) is 0 Å². The number of imidazole rings is 1. The highest BCUT2D eigenvalue weighted by Gasteiger charge is 2.15. The first kappa shape index (κ1) is 14.2. The fraction of sp³-hybridized carbons (Fsp3) is 0.214. The van der Waals surface area contributed by atoms with Gasteiger partial charge in [-0.1, -0.05) is 6.07 Å². The second kappa shape index (κ2) is 5.21. The van der Waals surface area contributed by atoms with Crippen LogP contribution in [0.2, 0.25) is 0 Å². The van der Waals surface area contributed by atoms with Crippen molar-refractivity contribution in [3.8, 4) is 0 Å². The smallest absolute Gasteiger partial charge is 0.330 e. The molecule has 0 fully saturated rings. The van der Waals surface area contributed by atoms with Crippen molar-refractivity contribution in [3.05, 3.63) is 52.1 Å². The van der Waals surface area contributed by atoms with Gasteiger partial charge in [0.2, 0.25) is 5.95 Å². The first-order valence-corrected chi connectivity index (χ1v) is 6.55. The van der Waals surface area contributed by atoms with Crippen molar-refractivity contribution in [1.29, 1.82) is 0 Å². The summed E-state index contributed by atoms with van der Waals surface area (Å²) in [5.41, 5.74) is 0.789. The third-order valence-corrected chi connectivity index (χ3v) is 3.44. The molecule has 8 heteroatoms. The molecule has 3 aromatic rings. The fourth-order valence-electron chi connectivity index (χ4n) is 2.27. The normalized spacial score (nSPS) is 11.1. The van der Waals surface area contributed by atoms with Crippen molar-refractivity contribution in [2.24, 2.45) is 7.05 Å². The Morgan fingerprint density at radius 2 is 2.09 bits per heavy atom. The van der Waals surface area contributed by atoms with Crippen molar-refractivity contribution in [2.45, 2.75) is 6.54 Å². The minimum atomic E-state index is -0.698. The molecule has 0 radical (unpaired) electrons. The van der Waals surface area contributed by atoms with Crippen LogP contribution in [-0.2, 0) is 13.6 Å². The predicted octanol–water partition coefficient (Wildman–Crippen LogP) is 1.50. The van der Waals surface area contributed by atoms with Gasteiger partial charge in [0.25, 0.3) is 0 Å². The van der Waals surface area contributed by atoms with Crippen molar-refractivity contribution >= 4 is 17.1 Å². The van der Waals surface area contributed by atoms with Gasteiger partial charge in [-0.15, -0.1) is 0 Å². The Morgan fingerprint density at radius 1 is 1.32 bits per heavy atom. The molecule has 1 N–H and O–H groups in total. The van der Waals surface area contributed by atoms with Crippen LogP contribution >= 0.6 is 0 Å². The summed E-state index contributed by atoms with van der Waals surface area (Å²) in [7, 11) is 3.25. The van der Waals surface area contributed by atoms with Gasteiger partial charge in [0, 0.05) is 25.7 Å². The highest BCUT2D eigenvalue weighted by molar-refractivity contribution is 5.72. The molecule has 22 heavy (non-hydrogen) atoms. The zero-order valence-corrected chi connectivity index (χ0v) is 12.0. The van der Waals surface area contributed by atoms with Crippen LogP contribution in [0.3, 0.4) is 0 Å². The zero-order chi connectivity index (χ0) is 15.9. The summed E-state index contributed by atoms with van der Waals surface area (Å²) in [6, 6.07) is 3.27. The number of aryl methyl sites for hydroxylation is 1. The van der Waals surface area contributed by atoms with Crippen LogP contribution in [0.5, 0.6) is 0 Å². The van der Waals surface area contributed by atoms with E-state index >= 15 is 0 Å². The lowest BCUT2D eigenvalue weighted by Crippen LogP contribution is -2.23. The van der Waals surface area contributed by atoms with Crippen LogP contribution in [0.4, 0.5) is 14.7 Å². The van der Waals surface area contributed by atoms with Crippen LogP contribution in [0.25, 0.3) is 11.2 Å². The summed E-state index contributed by atoms with van der Waals surface area (Å²) in [6.45, 7) is -0.0233. The quantitative estimate of drug-likeness (QED) is 0.796. The minimum Gasteiger partial charge on any atom is -0.357 e. The number of hydrogen-bond donors (Lipinski definition) is 1. The van der Waals surface area contributed by atoms with Gasteiger partial charge in [-0.05, 0) is 6.07 Å². The van der Waals surface area contributed by atoms with Crippen LogP contribution < -0.4 is 11.0 Å². The fourth-order valence-corrected chi connectivity index (χ4v) is 2.27. The molecule has 0 aliphatic heterocycles. The summed E-state index contributed by atoms with van der Waals surface area (Å²) < 4.78 is 29.5. The lowest BCUT2D eigenvalue weighted by molar-refractivity contribution is 0.565. The number of nitrogens with one attached hydrogen (secondary N) is 1. The highest BCUT2D eigenvalue weighted by atomic mass is 19.1. The second-order valence-corrected chi connectivity index (χ2v) is 4.82. The summed E-state index contributed by atoms with van der Waals surface area (Å²) in [6.07, 6.45) is 1.50. The zero-order valence-electron chi connectivity index (χ0n) is 12.0. The van der Waals surface area contributed by atoms with Gasteiger partial charge in [0.15, 0.2) is 5.65 Å². The van der Waals surface area contributed by atoms with Crippen molar-refractivity contribution in [3.63, 3.8) is 0 Å². The number of hydrogen-bond acceptors (Lipinski definition) is 4. The Hall–Kier alpha value is -2.77. The molecule has 3 rings (SSSR count). The van der Waals surface area contributed by atoms with E-state index in [1.165, 1.54) is 21.4 Å². The molecule has 0 bridgehead atoms.